The molecule has 202 valence electrons. The van der Waals surface area contributed by atoms with Crippen LogP contribution in [0.25, 0.3) is 0 Å². The van der Waals surface area contributed by atoms with Gasteiger partial charge in [0.2, 0.25) is 8.41 Å². The maximum Gasteiger partial charge on any atom is 0.269 e. The average molecular weight is 547 g/mol. The van der Waals surface area contributed by atoms with Crippen molar-refractivity contribution in [1.29, 1.82) is 0 Å². The molecule has 1 spiro atoms. The Morgan fingerprint density at radius 1 is 0.974 bits per heavy atom. The van der Waals surface area contributed by atoms with E-state index in [9.17, 15) is 14.7 Å². The summed E-state index contributed by atoms with van der Waals surface area (Å²) in [5.74, 6) is -0.428. The summed E-state index contributed by atoms with van der Waals surface area (Å²) in [5.41, 5.74) is 1.13. The molecule has 2 amide bonds. The van der Waals surface area contributed by atoms with Gasteiger partial charge in [0.05, 0.1) is 17.5 Å². The lowest BCUT2D eigenvalue weighted by Gasteiger charge is -2.32. The van der Waals surface area contributed by atoms with E-state index in [1.807, 2.05) is 79.7 Å². The van der Waals surface area contributed by atoms with Crippen LogP contribution in [0, 0.1) is 5.92 Å². The molecule has 4 atom stereocenters. The van der Waals surface area contributed by atoms with Crippen LogP contribution in [-0.2, 0) is 19.9 Å². The fourth-order valence-corrected chi connectivity index (χ4v) is 9.26. The molecule has 0 aromatic heterocycles. The topological polar surface area (TPSA) is 79.3 Å². The average Bonchev–Trinajstić information content (AvgIpc) is 3.35. The number of aliphatic hydroxyl groups excluding tert-OH is 1. The number of rotatable bonds is 5. The van der Waals surface area contributed by atoms with Crippen molar-refractivity contribution < 1.29 is 28.3 Å². The number of para-hydroxylation sites is 3. The number of carbonyl (C=O) groups excluding carboxylic acids is 2. The monoisotopic (exact) mass is 546 g/mol. The first-order chi connectivity index (χ1) is 18.7. The van der Waals surface area contributed by atoms with Gasteiger partial charge in [-0.15, -0.1) is 0 Å². The molecular weight excluding hydrogens is 515 g/mol. The molecule has 3 heterocycles. The van der Waals surface area contributed by atoms with Crippen LogP contribution < -0.4 is 14.5 Å². The lowest BCUT2D eigenvalue weighted by Crippen LogP contribution is -2.44. The Bertz CT molecular complexity index is 1440. The van der Waals surface area contributed by atoms with Gasteiger partial charge in [0.15, 0.2) is 12.2 Å². The second-order valence-electron chi connectivity index (χ2n) is 10.9. The largest absolute Gasteiger partial charge is 0.482 e. The molecule has 3 aliphatic rings. The van der Waals surface area contributed by atoms with Gasteiger partial charge in [-0.1, -0.05) is 37.3 Å². The van der Waals surface area contributed by atoms with Gasteiger partial charge < -0.3 is 18.7 Å². The van der Waals surface area contributed by atoms with E-state index in [-0.39, 0.29) is 31.4 Å². The van der Waals surface area contributed by atoms with Gasteiger partial charge in [0, 0.05) is 35.0 Å². The smallest absolute Gasteiger partial charge is 0.269 e. The van der Waals surface area contributed by atoms with E-state index in [0.29, 0.717) is 34.1 Å². The molecule has 1 N–H and O–H groups in total. The predicted octanol–water partition coefficient (Wildman–Crippen LogP) is 5.58. The summed E-state index contributed by atoms with van der Waals surface area (Å²) in [7, 11) is -3.33. The van der Waals surface area contributed by atoms with Crippen molar-refractivity contribution in [1.82, 2.24) is 0 Å². The number of ether oxygens (including phenoxy) is 2. The molecule has 0 aliphatic carbocycles. The summed E-state index contributed by atoms with van der Waals surface area (Å²) in [6.07, 6.45) is -0.376. The van der Waals surface area contributed by atoms with Crippen molar-refractivity contribution in [2.24, 2.45) is 5.92 Å². The van der Waals surface area contributed by atoms with Crippen LogP contribution in [0.4, 0.5) is 26.9 Å². The number of anilines is 4. The van der Waals surface area contributed by atoms with E-state index in [4.69, 9.17) is 9.47 Å². The van der Waals surface area contributed by atoms with Crippen molar-refractivity contribution in [3.05, 3.63) is 78.4 Å². The highest BCUT2D eigenvalue weighted by Crippen LogP contribution is 2.61. The first kappa shape index (κ1) is 25.7. The van der Waals surface area contributed by atoms with Gasteiger partial charge in [-0.05, 0) is 62.0 Å². The number of fused-ring (bicyclic) bond motifs is 3. The van der Waals surface area contributed by atoms with Crippen LogP contribution in [0.5, 0.6) is 5.75 Å². The summed E-state index contributed by atoms with van der Waals surface area (Å²) >= 11 is 0. The minimum atomic E-state index is -3.33. The zero-order chi connectivity index (χ0) is 27.5. The van der Waals surface area contributed by atoms with Crippen LogP contribution in [0.3, 0.4) is 0 Å². The van der Waals surface area contributed by atoms with Crippen molar-refractivity contribution >= 4 is 43.0 Å². The summed E-state index contributed by atoms with van der Waals surface area (Å²) in [6.45, 7) is 4.88. The Kier molecular flexibility index (Phi) is 6.13. The Hall–Kier alpha value is -3.53. The zero-order valence-corrected chi connectivity index (χ0v) is 23.1. The summed E-state index contributed by atoms with van der Waals surface area (Å²) in [5, 5.41) is 9.82. The number of carbonyl (C=O) groups is 2. The Morgan fingerprint density at radius 3 is 2.41 bits per heavy atom. The van der Waals surface area contributed by atoms with Gasteiger partial charge in [0.25, 0.3) is 11.8 Å². The van der Waals surface area contributed by atoms with E-state index in [1.54, 1.807) is 22.9 Å². The molecule has 7 nitrogen and oxygen atoms in total. The summed E-state index contributed by atoms with van der Waals surface area (Å²) in [6, 6.07) is 22.1. The standard InChI is InChI=1S/C30H31FN2O5Si/c1-19-28(39(2,3)31)26(15-16-34)38-30(19)22-17-21(32-24-11-7-8-12-25(24)37-18-27(32)35)13-14-23(22)33(29(30)36)20-9-5-4-6-10-20/h4-14,17,19,26,28,34H,15-16,18H2,1-3H3/t19-,26+,28-,30+/m1/s1. The third-order valence-corrected chi connectivity index (χ3v) is 10.7. The maximum absolute atomic E-state index is 15.8. The minimum Gasteiger partial charge on any atom is -0.482 e. The Labute approximate surface area is 227 Å². The fourth-order valence-electron chi connectivity index (χ4n) is 6.72. The number of nitrogens with zero attached hydrogens (tertiary/aromatic N) is 2. The normalized spacial score (nSPS) is 26.1. The van der Waals surface area contributed by atoms with Crippen LogP contribution in [-0.4, -0.2) is 44.6 Å². The highest BCUT2D eigenvalue weighted by Gasteiger charge is 2.67. The second kappa shape index (κ2) is 9.29. The lowest BCUT2D eigenvalue weighted by atomic mass is 9.82. The van der Waals surface area contributed by atoms with Crippen LogP contribution in [0.15, 0.2) is 72.8 Å². The van der Waals surface area contributed by atoms with Crippen molar-refractivity contribution in [2.75, 3.05) is 23.0 Å². The van der Waals surface area contributed by atoms with E-state index in [0.717, 1.165) is 0 Å². The molecule has 6 rings (SSSR count). The molecule has 0 unspecified atom stereocenters. The first-order valence-electron chi connectivity index (χ1n) is 13.2. The molecule has 0 saturated carbocycles. The third-order valence-electron chi connectivity index (χ3n) is 8.25. The fraction of sp³-hybridized carbons (Fsp3) is 0.333. The Morgan fingerprint density at radius 2 is 1.69 bits per heavy atom. The first-order valence-corrected chi connectivity index (χ1v) is 16.2. The van der Waals surface area contributed by atoms with Gasteiger partial charge in [-0.2, -0.15) is 0 Å². The van der Waals surface area contributed by atoms with Gasteiger partial charge in [-0.25, -0.2) is 0 Å². The molecule has 1 saturated heterocycles. The molecule has 3 aromatic carbocycles. The number of benzene rings is 3. The molecule has 0 bridgehead atoms. The highest BCUT2D eigenvalue weighted by atomic mass is 28.4. The van der Waals surface area contributed by atoms with Crippen molar-refractivity contribution in [3.8, 4) is 5.75 Å². The summed E-state index contributed by atoms with van der Waals surface area (Å²) < 4.78 is 28.1. The Balaban J connectivity index is 1.56. The highest BCUT2D eigenvalue weighted by molar-refractivity contribution is 6.72. The molecule has 9 heteroatoms. The van der Waals surface area contributed by atoms with Crippen molar-refractivity contribution in [3.63, 3.8) is 0 Å². The van der Waals surface area contributed by atoms with Gasteiger partial charge in [-0.3, -0.25) is 19.4 Å². The third kappa shape index (κ3) is 3.82. The zero-order valence-electron chi connectivity index (χ0n) is 22.1. The second-order valence-corrected chi connectivity index (χ2v) is 14.7. The SMILES string of the molecule is C[C@@H]1[C@@H]([Si](C)(C)F)[C@H](CCO)O[C@@]12C(=O)N(c1ccccc1)c1ccc(N3C(=O)COc4ccccc43)cc12. The summed E-state index contributed by atoms with van der Waals surface area (Å²) in [4.78, 5) is 30.9. The molecule has 1 fully saturated rings. The molecular formula is C30H31FN2O5Si. The quantitative estimate of drug-likeness (QED) is 0.334. The van der Waals surface area contributed by atoms with E-state index in [1.165, 1.54) is 0 Å². The molecule has 39 heavy (non-hydrogen) atoms. The predicted molar refractivity (Wildman–Crippen MR) is 149 cm³/mol. The molecule has 3 aromatic rings. The minimum absolute atomic E-state index is 0.108. The molecule has 0 radical (unpaired) electrons. The van der Waals surface area contributed by atoms with E-state index >= 15 is 4.11 Å². The number of hydrogen-bond acceptors (Lipinski definition) is 5. The lowest BCUT2D eigenvalue weighted by molar-refractivity contribution is -0.145. The van der Waals surface area contributed by atoms with Crippen molar-refractivity contribution in [2.45, 2.75) is 43.7 Å². The van der Waals surface area contributed by atoms with Gasteiger partial charge in [0.1, 0.15) is 5.75 Å². The maximum atomic E-state index is 15.8. The van der Waals surface area contributed by atoms with Crippen LogP contribution in [0.1, 0.15) is 18.9 Å². The number of halogens is 1. The number of aliphatic hydroxyl groups is 1. The van der Waals surface area contributed by atoms with Crippen LogP contribution >= 0.6 is 0 Å². The number of amides is 2. The van der Waals surface area contributed by atoms with Crippen LogP contribution in [0.2, 0.25) is 18.6 Å². The number of hydrogen-bond donors (Lipinski definition) is 1. The molecule has 3 aliphatic heterocycles. The van der Waals surface area contributed by atoms with E-state index in [2.05, 4.69) is 0 Å². The van der Waals surface area contributed by atoms with Gasteiger partial charge >= 0.3 is 0 Å². The van der Waals surface area contributed by atoms with E-state index < -0.39 is 31.6 Å².